The summed E-state index contributed by atoms with van der Waals surface area (Å²) in [6.07, 6.45) is 0. The molecule has 0 radical (unpaired) electrons. The van der Waals surface area contributed by atoms with E-state index in [0.717, 1.165) is 4.31 Å². The number of fused-ring (bicyclic) bond motifs is 1. The Hall–Kier alpha value is -3.76. The van der Waals surface area contributed by atoms with Gasteiger partial charge in [0.05, 0.1) is 10.6 Å². The molecule has 0 spiro atoms. The monoisotopic (exact) mass is 599 g/mol. The van der Waals surface area contributed by atoms with Crippen molar-refractivity contribution in [1.82, 2.24) is 10.2 Å². The number of halogens is 1. The van der Waals surface area contributed by atoms with Crippen LogP contribution >= 0.6 is 11.6 Å². The van der Waals surface area contributed by atoms with Gasteiger partial charge in [0.1, 0.15) is 25.8 Å². The summed E-state index contributed by atoms with van der Waals surface area (Å²) in [5.74, 6) is -0.109. The van der Waals surface area contributed by atoms with Gasteiger partial charge in [-0.2, -0.15) is 0 Å². The molecule has 0 aromatic heterocycles. The van der Waals surface area contributed by atoms with Crippen molar-refractivity contribution in [3.63, 3.8) is 0 Å². The standard InChI is InChI=1S/C30H34ClN3O6S/c1-21(29(36)32-30(2,3)4)33(19-22-10-8-9-13-25(22)31)28(35)20-34(41(37,38)24-11-6-5-7-12-24)23-14-15-26-27(18-23)40-17-16-39-26/h5-15,18,21H,16-17,19-20H2,1-4H3,(H,32,36)/t21-/m0/s1. The lowest BCUT2D eigenvalue weighted by atomic mass is 10.1. The molecule has 41 heavy (non-hydrogen) atoms. The number of ether oxygens (including phenoxy) is 2. The molecule has 1 aliphatic rings. The molecule has 4 rings (SSSR count). The van der Waals surface area contributed by atoms with E-state index in [0.29, 0.717) is 35.3 Å². The number of nitrogens with one attached hydrogen (secondary N) is 1. The van der Waals surface area contributed by atoms with Gasteiger partial charge >= 0.3 is 0 Å². The third kappa shape index (κ3) is 7.31. The molecule has 11 heteroatoms. The van der Waals surface area contributed by atoms with E-state index in [1.165, 1.54) is 23.1 Å². The first-order chi connectivity index (χ1) is 19.4. The van der Waals surface area contributed by atoms with Crippen LogP contribution in [-0.2, 0) is 26.2 Å². The van der Waals surface area contributed by atoms with Gasteiger partial charge in [-0.3, -0.25) is 13.9 Å². The molecule has 3 aromatic rings. The van der Waals surface area contributed by atoms with E-state index in [2.05, 4.69) is 5.32 Å². The second-order valence-electron chi connectivity index (χ2n) is 10.7. The molecular weight excluding hydrogens is 566 g/mol. The third-order valence-electron chi connectivity index (χ3n) is 6.39. The summed E-state index contributed by atoms with van der Waals surface area (Å²) in [6, 6.07) is 18.6. The molecular formula is C30H34ClN3O6S. The van der Waals surface area contributed by atoms with Crippen LogP contribution in [-0.4, -0.2) is 56.5 Å². The molecule has 0 saturated carbocycles. The van der Waals surface area contributed by atoms with E-state index >= 15 is 0 Å². The minimum absolute atomic E-state index is 0.00238. The van der Waals surface area contributed by atoms with Gasteiger partial charge in [-0.25, -0.2) is 8.42 Å². The van der Waals surface area contributed by atoms with E-state index in [1.54, 1.807) is 61.5 Å². The average molecular weight is 600 g/mol. The number of rotatable bonds is 9. The van der Waals surface area contributed by atoms with Crippen LogP contribution in [0.4, 0.5) is 5.69 Å². The molecule has 0 aliphatic carbocycles. The van der Waals surface area contributed by atoms with Gasteiger partial charge < -0.3 is 19.7 Å². The Morgan fingerprint density at radius 3 is 2.24 bits per heavy atom. The maximum atomic E-state index is 14.1. The number of amides is 2. The molecule has 0 unspecified atom stereocenters. The summed E-state index contributed by atoms with van der Waals surface area (Å²) in [5.41, 5.74) is 0.295. The highest BCUT2D eigenvalue weighted by molar-refractivity contribution is 7.92. The molecule has 0 saturated heterocycles. The van der Waals surface area contributed by atoms with E-state index in [-0.39, 0.29) is 23.0 Å². The van der Waals surface area contributed by atoms with E-state index in [4.69, 9.17) is 21.1 Å². The minimum Gasteiger partial charge on any atom is -0.486 e. The fourth-order valence-electron chi connectivity index (χ4n) is 4.30. The lowest BCUT2D eigenvalue weighted by Gasteiger charge is -2.33. The zero-order chi connectivity index (χ0) is 29.8. The molecule has 2 amide bonds. The number of benzene rings is 3. The molecule has 1 N–H and O–H groups in total. The van der Waals surface area contributed by atoms with Crippen LogP contribution in [0.15, 0.2) is 77.7 Å². The number of hydrogen-bond acceptors (Lipinski definition) is 6. The van der Waals surface area contributed by atoms with Gasteiger partial charge in [-0.05, 0) is 63.6 Å². The van der Waals surface area contributed by atoms with Gasteiger partial charge in [0.2, 0.25) is 11.8 Å². The summed E-state index contributed by atoms with van der Waals surface area (Å²) < 4.78 is 40.2. The summed E-state index contributed by atoms with van der Waals surface area (Å²) in [6.45, 7) is 7.24. The van der Waals surface area contributed by atoms with Gasteiger partial charge in [-0.15, -0.1) is 0 Å². The summed E-state index contributed by atoms with van der Waals surface area (Å²) >= 11 is 6.41. The molecule has 1 aliphatic heterocycles. The van der Waals surface area contributed by atoms with Crippen molar-refractivity contribution in [3.8, 4) is 11.5 Å². The topological polar surface area (TPSA) is 105 Å². The fraction of sp³-hybridized carbons (Fsp3) is 0.333. The first-order valence-electron chi connectivity index (χ1n) is 13.2. The van der Waals surface area contributed by atoms with Crippen LogP contribution in [0.1, 0.15) is 33.3 Å². The van der Waals surface area contributed by atoms with Gasteiger partial charge in [0.25, 0.3) is 10.0 Å². The SMILES string of the molecule is C[C@@H](C(=O)NC(C)(C)C)N(Cc1ccccc1Cl)C(=O)CN(c1ccc2c(c1)OCCO2)S(=O)(=O)c1ccccc1. The Bertz CT molecular complexity index is 1510. The summed E-state index contributed by atoms with van der Waals surface area (Å²) in [4.78, 5) is 28.6. The number of carbonyl (C=O) groups excluding carboxylic acids is 2. The second kappa shape index (κ2) is 12.4. The molecule has 9 nitrogen and oxygen atoms in total. The van der Waals surface area contributed by atoms with Crippen LogP contribution in [0.5, 0.6) is 11.5 Å². The first-order valence-corrected chi connectivity index (χ1v) is 15.0. The molecule has 3 aromatic carbocycles. The summed E-state index contributed by atoms with van der Waals surface area (Å²) in [7, 11) is -4.20. The van der Waals surface area contributed by atoms with Crippen molar-refractivity contribution >= 4 is 39.1 Å². The largest absolute Gasteiger partial charge is 0.486 e. The predicted molar refractivity (Wildman–Crippen MR) is 158 cm³/mol. The van der Waals surface area contributed by atoms with E-state index in [9.17, 15) is 18.0 Å². The van der Waals surface area contributed by atoms with Crippen molar-refractivity contribution in [2.75, 3.05) is 24.1 Å². The highest BCUT2D eigenvalue weighted by Gasteiger charge is 2.34. The molecule has 0 fully saturated rings. The average Bonchev–Trinajstić information content (AvgIpc) is 2.94. The Morgan fingerprint density at radius 1 is 0.951 bits per heavy atom. The molecule has 218 valence electrons. The fourth-order valence-corrected chi connectivity index (χ4v) is 5.92. The highest BCUT2D eigenvalue weighted by atomic mass is 35.5. The Balaban J connectivity index is 1.74. The summed E-state index contributed by atoms with van der Waals surface area (Å²) in [5, 5.41) is 3.33. The molecule has 1 atom stereocenters. The first kappa shape index (κ1) is 30.2. The van der Waals surface area contributed by atoms with Crippen LogP contribution < -0.4 is 19.1 Å². The number of carbonyl (C=O) groups is 2. The zero-order valence-electron chi connectivity index (χ0n) is 23.5. The van der Waals surface area contributed by atoms with E-state index in [1.807, 2.05) is 20.8 Å². The van der Waals surface area contributed by atoms with Crippen molar-refractivity contribution in [1.29, 1.82) is 0 Å². The third-order valence-corrected chi connectivity index (χ3v) is 8.54. The van der Waals surface area contributed by atoms with Crippen LogP contribution in [0.2, 0.25) is 5.02 Å². The normalized spacial score (nSPS) is 13.7. The lowest BCUT2D eigenvalue weighted by molar-refractivity contribution is -0.140. The predicted octanol–water partition coefficient (Wildman–Crippen LogP) is 4.64. The smallest absolute Gasteiger partial charge is 0.264 e. The van der Waals surface area contributed by atoms with Crippen molar-refractivity contribution in [2.24, 2.45) is 0 Å². The Morgan fingerprint density at radius 2 is 1.59 bits per heavy atom. The van der Waals surface area contributed by atoms with Crippen LogP contribution in [0.3, 0.4) is 0 Å². The second-order valence-corrected chi connectivity index (χ2v) is 13.0. The highest BCUT2D eigenvalue weighted by Crippen LogP contribution is 2.36. The number of nitrogens with zero attached hydrogens (tertiary/aromatic N) is 2. The van der Waals surface area contributed by atoms with Crippen molar-refractivity contribution < 1.29 is 27.5 Å². The van der Waals surface area contributed by atoms with Gasteiger partial charge in [0, 0.05) is 23.2 Å². The molecule has 0 bridgehead atoms. The zero-order valence-corrected chi connectivity index (χ0v) is 25.0. The van der Waals surface area contributed by atoms with Crippen molar-refractivity contribution in [3.05, 3.63) is 83.4 Å². The quantitative estimate of drug-likeness (QED) is 0.384. The Kier molecular flexibility index (Phi) is 9.14. The number of anilines is 1. The molecule has 1 heterocycles. The lowest BCUT2D eigenvalue weighted by Crippen LogP contribution is -2.54. The van der Waals surface area contributed by atoms with E-state index < -0.39 is 34.1 Å². The maximum absolute atomic E-state index is 14.1. The van der Waals surface area contributed by atoms with Gasteiger partial charge in [-0.1, -0.05) is 48.0 Å². The van der Waals surface area contributed by atoms with Gasteiger partial charge in [0.15, 0.2) is 11.5 Å². The minimum atomic E-state index is -4.20. The van der Waals surface area contributed by atoms with Crippen LogP contribution in [0.25, 0.3) is 0 Å². The Labute approximate surface area is 246 Å². The number of hydrogen-bond donors (Lipinski definition) is 1. The maximum Gasteiger partial charge on any atom is 0.264 e. The van der Waals surface area contributed by atoms with Crippen molar-refractivity contribution in [2.45, 2.75) is 50.7 Å². The van der Waals surface area contributed by atoms with Crippen LogP contribution in [0, 0.1) is 0 Å². The number of sulfonamides is 1.